The molecule has 1 aromatic carbocycles. The number of ether oxygens (including phenoxy) is 1. The van der Waals surface area contributed by atoms with Crippen molar-refractivity contribution >= 4 is 22.6 Å². The lowest BCUT2D eigenvalue weighted by Gasteiger charge is -2.09. The van der Waals surface area contributed by atoms with E-state index >= 15 is 0 Å². The number of aromatic amines is 1. The predicted molar refractivity (Wildman–Crippen MR) is 111 cm³/mol. The summed E-state index contributed by atoms with van der Waals surface area (Å²) in [5.74, 6) is 0.957. The van der Waals surface area contributed by atoms with Crippen molar-refractivity contribution in [3.63, 3.8) is 0 Å². The van der Waals surface area contributed by atoms with E-state index in [4.69, 9.17) is 4.74 Å². The first-order valence-electron chi connectivity index (χ1n) is 9.34. The molecule has 29 heavy (non-hydrogen) atoms. The molecule has 8 nitrogen and oxygen atoms in total. The SMILES string of the molecule is Cc1cc(C(=O)Nc2cc(-c3n[nH]c4ccc(OC(C)C)cc34)ccn2)n(C)n1. The van der Waals surface area contributed by atoms with Crippen molar-refractivity contribution in [3.8, 4) is 17.0 Å². The number of rotatable bonds is 5. The lowest BCUT2D eigenvalue weighted by molar-refractivity contribution is 0.101. The maximum absolute atomic E-state index is 12.6. The zero-order valence-corrected chi connectivity index (χ0v) is 16.7. The van der Waals surface area contributed by atoms with E-state index in [0.717, 1.165) is 33.6 Å². The number of pyridine rings is 1. The molecule has 0 unspecified atom stereocenters. The number of hydrogen-bond acceptors (Lipinski definition) is 5. The first-order chi connectivity index (χ1) is 13.9. The number of carbonyl (C=O) groups is 1. The van der Waals surface area contributed by atoms with Crippen LogP contribution in [0.4, 0.5) is 5.82 Å². The average molecular weight is 390 g/mol. The van der Waals surface area contributed by atoms with Crippen LogP contribution in [-0.4, -0.2) is 37.0 Å². The van der Waals surface area contributed by atoms with Crippen LogP contribution in [0.1, 0.15) is 30.0 Å². The van der Waals surface area contributed by atoms with Crippen molar-refractivity contribution in [2.45, 2.75) is 26.9 Å². The van der Waals surface area contributed by atoms with Gasteiger partial charge in [-0.2, -0.15) is 10.2 Å². The highest BCUT2D eigenvalue weighted by atomic mass is 16.5. The topological polar surface area (TPSA) is 97.7 Å². The van der Waals surface area contributed by atoms with E-state index in [1.165, 1.54) is 0 Å². The molecule has 0 radical (unpaired) electrons. The second-order valence-electron chi connectivity index (χ2n) is 7.12. The summed E-state index contributed by atoms with van der Waals surface area (Å²) in [7, 11) is 1.73. The molecule has 4 rings (SSSR count). The molecule has 0 aliphatic heterocycles. The van der Waals surface area contributed by atoms with Crippen molar-refractivity contribution in [2.75, 3.05) is 5.32 Å². The summed E-state index contributed by atoms with van der Waals surface area (Å²) < 4.78 is 7.35. The number of amides is 1. The number of aryl methyl sites for hydroxylation is 2. The van der Waals surface area contributed by atoms with E-state index < -0.39 is 0 Å². The van der Waals surface area contributed by atoms with Gasteiger partial charge in [-0.25, -0.2) is 4.98 Å². The van der Waals surface area contributed by atoms with Gasteiger partial charge in [0.15, 0.2) is 0 Å². The predicted octanol–water partition coefficient (Wildman–Crippen LogP) is 3.71. The monoisotopic (exact) mass is 390 g/mol. The van der Waals surface area contributed by atoms with Crippen LogP contribution in [0.15, 0.2) is 42.6 Å². The molecule has 0 saturated carbocycles. The van der Waals surface area contributed by atoms with Crippen molar-refractivity contribution < 1.29 is 9.53 Å². The number of carbonyl (C=O) groups excluding carboxylic acids is 1. The zero-order chi connectivity index (χ0) is 20.5. The zero-order valence-electron chi connectivity index (χ0n) is 16.7. The first kappa shape index (κ1) is 18.7. The first-order valence-corrected chi connectivity index (χ1v) is 9.34. The van der Waals surface area contributed by atoms with Gasteiger partial charge >= 0.3 is 0 Å². The van der Waals surface area contributed by atoms with Gasteiger partial charge in [-0.15, -0.1) is 0 Å². The molecular formula is C21H22N6O2. The smallest absolute Gasteiger partial charge is 0.275 e. The van der Waals surface area contributed by atoms with Gasteiger partial charge in [0.05, 0.1) is 17.3 Å². The van der Waals surface area contributed by atoms with Crippen molar-refractivity contribution in [1.29, 1.82) is 0 Å². The third kappa shape index (κ3) is 3.82. The Balaban J connectivity index is 1.65. The highest BCUT2D eigenvalue weighted by molar-refractivity contribution is 6.03. The fourth-order valence-electron chi connectivity index (χ4n) is 3.21. The molecule has 1 amide bonds. The van der Waals surface area contributed by atoms with Crippen LogP contribution in [0.25, 0.3) is 22.2 Å². The lowest BCUT2D eigenvalue weighted by Crippen LogP contribution is -2.16. The molecule has 0 atom stereocenters. The Morgan fingerprint density at radius 3 is 2.76 bits per heavy atom. The molecule has 3 heterocycles. The second-order valence-corrected chi connectivity index (χ2v) is 7.12. The molecule has 0 aliphatic rings. The van der Waals surface area contributed by atoms with E-state index in [1.54, 1.807) is 30.1 Å². The summed E-state index contributed by atoms with van der Waals surface area (Å²) in [5, 5.41) is 15.5. The van der Waals surface area contributed by atoms with Gasteiger partial charge in [0.25, 0.3) is 5.91 Å². The molecule has 8 heteroatoms. The molecule has 4 aromatic rings. The minimum Gasteiger partial charge on any atom is -0.491 e. The largest absolute Gasteiger partial charge is 0.491 e. The van der Waals surface area contributed by atoms with Gasteiger partial charge in [-0.3, -0.25) is 14.6 Å². The van der Waals surface area contributed by atoms with Gasteiger partial charge in [-0.1, -0.05) is 0 Å². The Morgan fingerprint density at radius 1 is 1.21 bits per heavy atom. The minimum absolute atomic E-state index is 0.0844. The fourth-order valence-corrected chi connectivity index (χ4v) is 3.21. The standard InChI is InChI=1S/C21H22N6O2/c1-12(2)29-15-5-6-17-16(11-15)20(25-24-17)14-7-8-22-19(10-14)23-21(28)18-9-13(3)26-27(18)4/h5-12H,1-4H3,(H,24,25)(H,22,23,28). The van der Waals surface area contributed by atoms with Gasteiger partial charge in [-0.05, 0) is 57.2 Å². The summed E-state index contributed by atoms with van der Waals surface area (Å²) in [6.45, 7) is 5.82. The van der Waals surface area contributed by atoms with E-state index in [1.807, 2.05) is 45.0 Å². The fraction of sp³-hybridized carbons (Fsp3) is 0.238. The highest BCUT2D eigenvalue weighted by Crippen LogP contribution is 2.30. The van der Waals surface area contributed by atoms with Crippen molar-refractivity contribution in [1.82, 2.24) is 25.0 Å². The van der Waals surface area contributed by atoms with Crippen LogP contribution in [0.3, 0.4) is 0 Å². The van der Waals surface area contributed by atoms with E-state index in [-0.39, 0.29) is 12.0 Å². The number of anilines is 1. The van der Waals surface area contributed by atoms with E-state index in [9.17, 15) is 4.79 Å². The molecule has 0 spiro atoms. The number of aromatic nitrogens is 5. The molecular weight excluding hydrogens is 368 g/mol. The van der Waals surface area contributed by atoms with Gasteiger partial charge in [0, 0.05) is 24.2 Å². The molecule has 0 fully saturated rings. The van der Waals surface area contributed by atoms with Crippen molar-refractivity contribution in [3.05, 3.63) is 54.0 Å². The average Bonchev–Trinajstić information content (AvgIpc) is 3.23. The summed E-state index contributed by atoms with van der Waals surface area (Å²) in [6.07, 6.45) is 1.73. The number of nitrogens with one attached hydrogen (secondary N) is 2. The van der Waals surface area contributed by atoms with Crippen LogP contribution < -0.4 is 10.1 Å². The molecule has 3 aromatic heterocycles. The molecule has 0 saturated heterocycles. The van der Waals surface area contributed by atoms with E-state index in [2.05, 4.69) is 25.6 Å². The summed E-state index contributed by atoms with van der Waals surface area (Å²) in [5.41, 5.74) is 3.76. The Labute approximate surface area is 167 Å². The number of benzene rings is 1. The molecule has 0 bridgehead atoms. The normalized spacial score (nSPS) is 11.2. The third-order valence-electron chi connectivity index (χ3n) is 4.42. The summed E-state index contributed by atoms with van der Waals surface area (Å²) in [4.78, 5) is 16.8. The minimum atomic E-state index is -0.266. The maximum Gasteiger partial charge on any atom is 0.275 e. The quantitative estimate of drug-likeness (QED) is 0.541. The van der Waals surface area contributed by atoms with Gasteiger partial charge < -0.3 is 10.1 Å². The Morgan fingerprint density at radius 2 is 2.03 bits per heavy atom. The molecule has 0 aliphatic carbocycles. The summed E-state index contributed by atoms with van der Waals surface area (Å²) >= 11 is 0. The van der Waals surface area contributed by atoms with Crippen LogP contribution in [0, 0.1) is 6.92 Å². The molecule has 148 valence electrons. The Kier molecular flexibility index (Phi) is 4.75. The number of hydrogen-bond donors (Lipinski definition) is 2. The number of fused-ring (bicyclic) bond motifs is 1. The van der Waals surface area contributed by atoms with Gasteiger partial charge in [0.1, 0.15) is 23.0 Å². The second kappa shape index (κ2) is 7.38. The van der Waals surface area contributed by atoms with Crippen LogP contribution in [0.5, 0.6) is 5.75 Å². The Hall–Kier alpha value is -3.68. The maximum atomic E-state index is 12.6. The van der Waals surface area contributed by atoms with E-state index in [0.29, 0.717) is 11.5 Å². The lowest BCUT2D eigenvalue weighted by atomic mass is 10.1. The van der Waals surface area contributed by atoms with Crippen molar-refractivity contribution in [2.24, 2.45) is 7.05 Å². The van der Waals surface area contributed by atoms with Crippen LogP contribution in [-0.2, 0) is 7.05 Å². The Bertz CT molecular complexity index is 1190. The summed E-state index contributed by atoms with van der Waals surface area (Å²) in [6, 6.07) is 11.2. The highest BCUT2D eigenvalue weighted by Gasteiger charge is 2.15. The van der Waals surface area contributed by atoms with Crippen LogP contribution in [0.2, 0.25) is 0 Å². The number of H-pyrrole nitrogens is 1. The van der Waals surface area contributed by atoms with Crippen LogP contribution >= 0.6 is 0 Å². The third-order valence-corrected chi connectivity index (χ3v) is 4.42. The van der Waals surface area contributed by atoms with Gasteiger partial charge in [0.2, 0.25) is 0 Å². The number of nitrogens with zero attached hydrogens (tertiary/aromatic N) is 4. The molecule has 2 N–H and O–H groups in total.